The minimum Gasteiger partial charge on any atom is -0.311 e. The van der Waals surface area contributed by atoms with Crippen LogP contribution in [0.3, 0.4) is 0 Å². The molecule has 0 atom stereocenters. The maximum absolute atomic E-state index is 2.69. The van der Waals surface area contributed by atoms with Crippen molar-refractivity contribution < 1.29 is 0 Å². The number of fused-ring (bicyclic) bond motifs is 8. The van der Waals surface area contributed by atoms with Crippen molar-refractivity contribution in [3.63, 3.8) is 0 Å². The van der Waals surface area contributed by atoms with Gasteiger partial charge in [0.1, 0.15) is 0 Å². The molecule has 0 aliphatic carbocycles. The Morgan fingerprint density at radius 3 is 1.17 bits per heavy atom. The molecule has 8 heteroatoms. The monoisotopic (exact) mass is 1280 g/mol. The number of rotatable bonds is 12. The number of anilines is 12. The Kier molecular flexibility index (Phi) is 14.3. The van der Waals surface area contributed by atoms with E-state index >= 15 is 0 Å². The van der Waals surface area contributed by atoms with Crippen LogP contribution in [0.4, 0.5) is 68.2 Å². The number of hydrogen-bond donors (Lipinski definition) is 0. The maximum Gasteiger partial charge on any atom is 0.252 e. The summed E-state index contributed by atoms with van der Waals surface area (Å²) in [6.07, 6.45) is 0. The molecular weight excluding hydrogens is 1220 g/mol. The van der Waals surface area contributed by atoms with E-state index in [0.29, 0.717) is 0 Å². The number of nitrogens with zero attached hydrogens (tertiary/aromatic N) is 4. The van der Waals surface area contributed by atoms with E-state index in [-0.39, 0.29) is 13.4 Å². The smallest absolute Gasteiger partial charge is 0.252 e. The van der Waals surface area contributed by atoms with E-state index in [2.05, 4.69) is 384 Å². The SMILES string of the molecule is c1ccc(-c2ccc(N(c3ccc(-c4ccccc4)cc3)c3cc4c5c(c3)Sc3cc6c(cc3B5c3ccccc3S4)B3c4ccccc4N(c4ccccc4)c4cc(N(c5ccccc5)c5ccccc5)cc(c43)N6c3c(-c4ccccc4)cccc3-c3ccccc3)cc2)cc1. The molecule has 458 valence electrons. The third kappa shape index (κ3) is 9.81. The lowest BCUT2D eigenvalue weighted by atomic mass is 9.31. The summed E-state index contributed by atoms with van der Waals surface area (Å²) < 4.78 is 0. The van der Waals surface area contributed by atoms with Crippen molar-refractivity contribution >= 4 is 138 Å². The average Bonchev–Trinajstić information content (AvgIpc) is 0.687. The highest BCUT2D eigenvalue weighted by atomic mass is 32.2. The van der Waals surface area contributed by atoms with E-state index in [1.54, 1.807) is 0 Å². The highest BCUT2D eigenvalue weighted by molar-refractivity contribution is 8.01. The van der Waals surface area contributed by atoms with E-state index in [0.717, 1.165) is 84.8 Å². The van der Waals surface area contributed by atoms with E-state index in [9.17, 15) is 0 Å². The fourth-order valence-electron chi connectivity index (χ4n) is 15.6. The highest BCUT2D eigenvalue weighted by Crippen LogP contribution is 2.54. The second kappa shape index (κ2) is 24.2. The summed E-state index contributed by atoms with van der Waals surface area (Å²) >= 11 is 3.84. The molecule has 98 heavy (non-hydrogen) atoms. The van der Waals surface area contributed by atoms with Gasteiger partial charge in [-0.25, -0.2) is 0 Å². The second-order valence-corrected chi connectivity index (χ2v) is 27.6. The lowest BCUT2D eigenvalue weighted by molar-refractivity contribution is 1.22. The summed E-state index contributed by atoms with van der Waals surface area (Å²) in [4.78, 5) is 15.2. The van der Waals surface area contributed by atoms with Gasteiger partial charge in [-0.15, -0.1) is 0 Å². The Morgan fingerprint density at radius 2 is 0.633 bits per heavy atom. The standard InChI is InChI=1S/C90H60B2N4S2/c1-8-27-61(28-9-1)63-47-51-70(52-48-63)94(71-53-49-64(50-54-71)62-29-10-2-11-30-62)73-57-86-89-87(58-73)98-85-60-81-78(59-79(85)92(89)77-44-23-25-46-84(77)97-86)91-76-43-22-24-45-80(76)95(69-39-20-7-21-40-69)82-55-72(93(67-35-16-5-17-36-67)68-37-18-6-19-38-68)56-83(88(82)91)96(81)90-74(65-31-12-3-13-32-65)41-26-42-75(90)66-33-14-4-15-34-66/h1-60H. The van der Waals surface area contributed by atoms with Crippen LogP contribution in [0.2, 0.25) is 0 Å². The van der Waals surface area contributed by atoms with Crippen LogP contribution in [-0.2, 0) is 0 Å². The van der Waals surface area contributed by atoms with Gasteiger partial charge in [0.05, 0.1) is 11.4 Å². The molecule has 0 radical (unpaired) electrons. The van der Waals surface area contributed by atoms with Gasteiger partial charge in [0.25, 0.3) is 6.71 Å². The number of para-hydroxylation sites is 5. The fourth-order valence-corrected chi connectivity index (χ4v) is 18.1. The Hall–Kier alpha value is -11.7. The molecule has 0 amide bonds. The molecule has 0 unspecified atom stereocenters. The van der Waals surface area contributed by atoms with Crippen LogP contribution < -0.4 is 52.4 Å². The molecule has 0 spiro atoms. The number of benzene rings is 15. The van der Waals surface area contributed by atoms with Gasteiger partial charge in [-0.05, 0) is 158 Å². The van der Waals surface area contributed by atoms with Gasteiger partial charge >= 0.3 is 0 Å². The molecule has 4 aliphatic rings. The van der Waals surface area contributed by atoms with E-state index in [1.165, 1.54) is 80.3 Å². The first-order valence-corrected chi connectivity index (χ1v) is 35.2. The summed E-state index contributed by atoms with van der Waals surface area (Å²) in [7, 11) is 0. The van der Waals surface area contributed by atoms with Crippen LogP contribution >= 0.6 is 23.5 Å². The molecule has 15 aromatic rings. The zero-order valence-corrected chi connectivity index (χ0v) is 55.0. The predicted octanol–water partition coefficient (Wildman–Crippen LogP) is 20.8. The lowest BCUT2D eigenvalue weighted by Crippen LogP contribution is -2.64. The highest BCUT2D eigenvalue weighted by Gasteiger charge is 2.47. The molecule has 0 saturated carbocycles. The molecule has 4 heterocycles. The van der Waals surface area contributed by atoms with E-state index in [1.807, 2.05) is 23.5 Å². The Labute approximate surface area is 581 Å². The minimum atomic E-state index is -0.163. The molecular formula is C90H60B2N4S2. The first kappa shape index (κ1) is 57.7. The summed E-state index contributed by atoms with van der Waals surface area (Å²) in [6.45, 7) is -0.209. The van der Waals surface area contributed by atoms with Crippen LogP contribution in [0.15, 0.2) is 384 Å². The van der Waals surface area contributed by atoms with E-state index < -0.39 is 0 Å². The van der Waals surface area contributed by atoms with Gasteiger partial charge in [0.15, 0.2) is 0 Å². The molecule has 4 nitrogen and oxygen atoms in total. The van der Waals surface area contributed by atoms with Gasteiger partial charge < -0.3 is 19.6 Å². The minimum absolute atomic E-state index is 0.0463. The molecule has 19 rings (SSSR count). The van der Waals surface area contributed by atoms with Gasteiger partial charge in [0.2, 0.25) is 6.71 Å². The largest absolute Gasteiger partial charge is 0.311 e. The topological polar surface area (TPSA) is 13.0 Å². The normalized spacial score (nSPS) is 12.7. The quantitative estimate of drug-likeness (QED) is 0.112. The van der Waals surface area contributed by atoms with Crippen LogP contribution in [-0.4, -0.2) is 13.4 Å². The maximum atomic E-state index is 2.69. The van der Waals surface area contributed by atoms with Crippen molar-refractivity contribution in [2.45, 2.75) is 19.6 Å². The summed E-state index contributed by atoms with van der Waals surface area (Å²) in [6, 6.07) is 135. The third-order valence-corrected chi connectivity index (χ3v) is 22.2. The van der Waals surface area contributed by atoms with Gasteiger partial charge in [-0.1, -0.05) is 295 Å². The lowest BCUT2D eigenvalue weighted by Gasteiger charge is -2.46. The molecule has 0 fully saturated rings. The van der Waals surface area contributed by atoms with Crippen LogP contribution in [0.1, 0.15) is 0 Å². The summed E-state index contributed by atoms with van der Waals surface area (Å²) in [5.41, 5.74) is 30.5. The Balaban J connectivity index is 0.886. The third-order valence-electron chi connectivity index (χ3n) is 19.9. The van der Waals surface area contributed by atoms with Crippen molar-refractivity contribution in [3.05, 3.63) is 364 Å². The number of hydrogen-bond acceptors (Lipinski definition) is 6. The molecule has 15 aromatic carbocycles. The fraction of sp³-hybridized carbons (Fsp3) is 0. The first-order valence-electron chi connectivity index (χ1n) is 33.6. The Bertz CT molecular complexity index is 5340. The molecule has 0 saturated heterocycles. The van der Waals surface area contributed by atoms with Crippen molar-refractivity contribution in [3.8, 4) is 44.5 Å². The zero-order chi connectivity index (χ0) is 64.6. The van der Waals surface area contributed by atoms with Crippen molar-refractivity contribution in [1.29, 1.82) is 0 Å². The van der Waals surface area contributed by atoms with Crippen LogP contribution in [0.5, 0.6) is 0 Å². The average molecular weight is 1280 g/mol. The van der Waals surface area contributed by atoms with Crippen LogP contribution in [0.25, 0.3) is 44.5 Å². The van der Waals surface area contributed by atoms with Crippen molar-refractivity contribution in [2.75, 3.05) is 19.6 Å². The first-order chi connectivity index (χ1) is 48.6. The summed E-state index contributed by atoms with van der Waals surface area (Å²) in [5, 5.41) is 0. The predicted molar refractivity (Wildman–Crippen MR) is 417 cm³/mol. The van der Waals surface area contributed by atoms with Gasteiger partial charge in [0, 0.05) is 87.6 Å². The van der Waals surface area contributed by atoms with E-state index in [4.69, 9.17) is 0 Å². The second-order valence-electron chi connectivity index (χ2n) is 25.5. The molecule has 0 aromatic heterocycles. The zero-order valence-electron chi connectivity index (χ0n) is 53.4. The molecule has 0 N–H and O–H groups in total. The van der Waals surface area contributed by atoms with Gasteiger partial charge in [-0.3, -0.25) is 0 Å². The molecule has 4 aliphatic heterocycles. The Morgan fingerprint density at radius 1 is 0.224 bits per heavy atom. The van der Waals surface area contributed by atoms with Crippen LogP contribution in [0, 0.1) is 0 Å². The molecule has 0 bridgehead atoms. The van der Waals surface area contributed by atoms with Crippen molar-refractivity contribution in [1.82, 2.24) is 0 Å². The van der Waals surface area contributed by atoms with Crippen molar-refractivity contribution in [2.24, 2.45) is 0 Å². The van der Waals surface area contributed by atoms with Gasteiger partial charge in [-0.2, -0.15) is 0 Å². The summed E-state index contributed by atoms with van der Waals surface area (Å²) in [5.74, 6) is 0.